The fraction of sp³-hybridized carbons (Fsp3) is 0.500. The Morgan fingerprint density at radius 3 is 2.77 bits per heavy atom. The molecular weight excluding hydrogens is 326 g/mol. The van der Waals surface area contributed by atoms with Gasteiger partial charge in [0.1, 0.15) is 17.9 Å². The molecule has 0 saturated carbocycles. The van der Waals surface area contributed by atoms with Crippen LogP contribution in [0, 0.1) is 0 Å². The Bertz CT molecular complexity index is 744. The van der Waals surface area contributed by atoms with Gasteiger partial charge in [-0.3, -0.25) is 0 Å². The molecule has 0 aliphatic heterocycles. The van der Waals surface area contributed by atoms with E-state index in [2.05, 4.69) is 33.7 Å². The van der Waals surface area contributed by atoms with Crippen molar-refractivity contribution >= 4 is 22.4 Å². The molecule has 1 atom stereocenters. The molecule has 1 aromatic carbocycles. The summed E-state index contributed by atoms with van der Waals surface area (Å²) >= 11 is 0. The van der Waals surface area contributed by atoms with Gasteiger partial charge in [0.2, 0.25) is 0 Å². The summed E-state index contributed by atoms with van der Waals surface area (Å²) in [6, 6.07) is 4.08. The molecule has 0 spiro atoms. The summed E-state index contributed by atoms with van der Waals surface area (Å²) < 4.78 is 5.85. The second-order valence-electron chi connectivity index (χ2n) is 7.05. The Kier molecular flexibility index (Phi) is 7.21. The van der Waals surface area contributed by atoms with E-state index < -0.39 is 0 Å². The smallest absolute Gasteiger partial charge is 0.144 e. The van der Waals surface area contributed by atoms with E-state index in [0.29, 0.717) is 18.0 Å². The number of anilines is 2. The quantitative estimate of drug-likeness (QED) is 0.384. The van der Waals surface area contributed by atoms with Crippen molar-refractivity contribution in [2.24, 2.45) is 0 Å². The monoisotopic (exact) mass is 357 g/mol. The van der Waals surface area contributed by atoms with E-state index in [9.17, 15) is 0 Å². The van der Waals surface area contributed by atoms with Gasteiger partial charge in [-0.25, -0.2) is 9.97 Å². The van der Waals surface area contributed by atoms with Gasteiger partial charge >= 0.3 is 0 Å². The van der Waals surface area contributed by atoms with Crippen LogP contribution in [0.5, 0.6) is 5.75 Å². The number of ether oxygens (including phenoxy) is 1. The molecule has 6 nitrogen and oxygen atoms in total. The highest BCUT2D eigenvalue weighted by Gasteiger charge is 2.13. The van der Waals surface area contributed by atoms with Crippen LogP contribution in [0.25, 0.3) is 10.9 Å². The molecule has 142 valence electrons. The Labute approximate surface area is 156 Å². The Balaban J connectivity index is 2.18. The maximum atomic E-state index is 6.21. The van der Waals surface area contributed by atoms with E-state index in [1.807, 2.05) is 33.2 Å². The first-order valence-corrected chi connectivity index (χ1v) is 9.13. The molecule has 1 aromatic heterocycles. The highest BCUT2D eigenvalue weighted by molar-refractivity contribution is 5.93. The van der Waals surface area contributed by atoms with Crippen LogP contribution >= 0.6 is 0 Å². The molecule has 0 bridgehead atoms. The SMILES string of the molecule is C=C(C)C[C@H](CC)Nc1ncnc2cc(OCCCN(C)C)c(N)cc12. The van der Waals surface area contributed by atoms with Crippen LogP contribution in [0.1, 0.15) is 33.1 Å². The topological polar surface area (TPSA) is 76.3 Å². The van der Waals surface area contributed by atoms with E-state index in [-0.39, 0.29) is 6.04 Å². The van der Waals surface area contributed by atoms with Crippen molar-refractivity contribution in [2.45, 2.75) is 39.2 Å². The second-order valence-corrected chi connectivity index (χ2v) is 7.05. The lowest BCUT2D eigenvalue weighted by Crippen LogP contribution is -2.19. The van der Waals surface area contributed by atoms with Gasteiger partial charge < -0.3 is 20.7 Å². The Hall–Kier alpha value is -2.34. The lowest BCUT2D eigenvalue weighted by atomic mass is 10.1. The zero-order valence-electron chi connectivity index (χ0n) is 16.4. The number of benzene rings is 1. The third-order valence-corrected chi connectivity index (χ3v) is 4.20. The summed E-state index contributed by atoms with van der Waals surface area (Å²) in [4.78, 5) is 10.9. The Morgan fingerprint density at radius 1 is 1.35 bits per heavy atom. The maximum absolute atomic E-state index is 6.21. The molecule has 0 unspecified atom stereocenters. The maximum Gasteiger partial charge on any atom is 0.144 e. The van der Waals surface area contributed by atoms with Crippen LogP contribution in [0.4, 0.5) is 11.5 Å². The van der Waals surface area contributed by atoms with E-state index in [1.165, 1.54) is 0 Å². The van der Waals surface area contributed by atoms with Crippen LogP contribution in [0.15, 0.2) is 30.6 Å². The van der Waals surface area contributed by atoms with Crippen molar-refractivity contribution in [3.8, 4) is 5.75 Å². The number of hydrogen-bond acceptors (Lipinski definition) is 6. The first kappa shape index (κ1) is 20.0. The molecule has 0 amide bonds. The highest BCUT2D eigenvalue weighted by atomic mass is 16.5. The molecular formula is C20H31N5O. The molecule has 2 aromatic rings. The van der Waals surface area contributed by atoms with Gasteiger partial charge in [-0.05, 0) is 46.3 Å². The van der Waals surface area contributed by atoms with Crippen LogP contribution in [0.2, 0.25) is 0 Å². The average Bonchev–Trinajstić information content (AvgIpc) is 2.58. The number of nitrogens with zero attached hydrogens (tertiary/aromatic N) is 3. The van der Waals surface area contributed by atoms with E-state index >= 15 is 0 Å². The molecule has 0 saturated heterocycles. The van der Waals surface area contributed by atoms with Gasteiger partial charge in [-0.15, -0.1) is 6.58 Å². The van der Waals surface area contributed by atoms with Crippen molar-refractivity contribution in [1.82, 2.24) is 14.9 Å². The number of nitrogen functional groups attached to an aromatic ring is 1. The predicted molar refractivity (Wildman–Crippen MR) is 110 cm³/mol. The van der Waals surface area contributed by atoms with E-state index in [4.69, 9.17) is 10.5 Å². The second kappa shape index (κ2) is 9.38. The molecule has 3 N–H and O–H groups in total. The average molecular weight is 358 g/mol. The number of nitrogens with one attached hydrogen (secondary N) is 1. The van der Waals surface area contributed by atoms with Crippen LogP contribution in [0.3, 0.4) is 0 Å². The molecule has 26 heavy (non-hydrogen) atoms. The Morgan fingerprint density at radius 2 is 2.12 bits per heavy atom. The lowest BCUT2D eigenvalue weighted by molar-refractivity contribution is 0.283. The van der Waals surface area contributed by atoms with Crippen LogP contribution in [-0.4, -0.2) is 48.2 Å². The van der Waals surface area contributed by atoms with E-state index in [1.54, 1.807) is 6.33 Å². The minimum Gasteiger partial charge on any atom is -0.491 e. The number of rotatable bonds is 10. The van der Waals surface area contributed by atoms with Gasteiger partial charge in [0.25, 0.3) is 0 Å². The largest absolute Gasteiger partial charge is 0.491 e. The molecule has 2 rings (SSSR count). The van der Waals surface area contributed by atoms with Crippen molar-refractivity contribution < 1.29 is 4.74 Å². The summed E-state index contributed by atoms with van der Waals surface area (Å²) in [5, 5.41) is 4.41. The van der Waals surface area contributed by atoms with Crippen LogP contribution < -0.4 is 15.8 Å². The highest BCUT2D eigenvalue weighted by Crippen LogP contribution is 2.31. The van der Waals surface area contributed by atoms with Crippen molar-refractivity contribution in [3.63, 3.8) is 0 Å². The summed E-state index contributed by atoms with van der Waals surface area (Å²) in [6.45, 7) is 9.80. The van der Waals surface area contributed by atoms with E-state index in [0.717, 1.165) is 48.1 Å². The summed E-state index contributed by atoms with van der Waals surface area (Å²) in [7, 11) is 4.10. The fourth-order valence-electron chi connectivity index (χ4n) is 2.81. The lowest BCUT2D eigenvalue weighted by Gasteiger charge is -2.19. The van der Waals surface area contributed by atoms with Gasteiger partial charge in [0.05, 0.1) is 17.8 Å². The van der Waals surface area contributed by atoms with Crippen molar-refractivity contribution in [2.75, 3.05) is 38.3 Å². The first-order chi connectivity index (χ1) is 12.4. The predicted octanol–water partition coefficient (Wildman–Crippen LogP) is 3.70. The normalized spacial score (nSPS) is 12.3. The molecule has 0 radical (unpaired) electrons. The van der Waals surface area contributed by atoms with Crippen molar-refractivity contribution in [3.05, 3.63) is 30.6 Å². The van der Waals surface area contributed by atoms with Gasteiger partial charge in [-0.1, -0.05) is 12.5 Å². The molecule has 0 fully saturated rings. The summed E-state index contributed by atoms with van der Waals surface area (Å²) in [6.07, 6.45) is 4.41. The van der Waals surface area contributed by atoms with Crippen molar-refractivity contribution in [1.29, 1.82) is 0 Å². The first-order valence-electron chi connectivity index (χ1n) is 9.13. The minimum absolute atomic E-state index is 0.286. The summed E-state index contributed by atoms with van der Waals surface area (Å²) in [5.74, 6) is 1.48. The molecule has 0 aliphatic carbocycles. The number of hydrogen-bond donors (Lipinski definition) is 2. The zero-order chi connectivity index (χ0) is 19.1. The molecule has 1 heterocycles. The standard InChI is InChI=1S/C20H31N5O/c1-6-15(10-14(2)3)24-20-16-11-17(21)19(12-18(16)22-13-23-20)26-9-7-8-25(4)5/h11-13,15H,2,6-10,21H2,1,3-5H3,(H,22,23,24)/t15-/m0/s1. The third-order valence-electron chi connectivity index (χ3n) is 4.20. The molecule has 0 aliphatic rings. The number of fused-ring (bicyclic) bond motifs is 1. The minimum atomic E-state index is 0.286. The zero-order valence-corrected chi connectivity index (χ0v) is 16.4. The van der Waals surface area contributed by atoms with Gasteiger partial charge in [-0.2, -0.15) is 0 Å². The summed E-state index contributed by atoms with van der Waals surface area (Å²) in [5.41, 5.74) is 8.79. The van der Waals surface area contributed by atoms with Gasteiger partial charge in [0, 0.05) is 24.0 Å². The molecule has 6 heteroatoms. The van der Waals surface area contributed by atoms with Gasteiger partial charge in [0.15, 0.2) is 0 Å². The number of aromatic nitrogens is 2. The fourth-order valence-corrected chi connectivity index (χ4v) is 2.81. The van der Waals surface area contributed by atoms with Crippen LogP contribution in [-0.2, 0) is 0 Å². The number of nitrogens with two attached hydrogens (primary N) is 1. The third kappa shape index (κ3) is 5.59.